The van der Waals surface area contributed by atoms with Crippen molar-refractivity contribution in [2.45, 2.75) is 18.6 Å². The third-order valence-corrected chi connectivity index (χ3v) is 4.54. The first-order valence-corrected chi connectivity index (χ1v) is 9.26. The van der Waals surface area contributed by atoms with Gasteiger partial charge in [0.05, 0.1) is 13.7 Å². The molecule has 1 amide bonds. The maximum absolute atomic E-state index is 12.4. The zero-order valence-electron chi connectivity index (χ0n) is 14.7. The normalized spacial score (nSPS) is 10.5. The zero-order valence-corrected chi connectivity index (χ0v) is 15.5. The molecule has 7 heteroatoms. The Morgan fingerprint density at radius 3 is 2.69 bits per heavy atom. The van der Waals surface area contributed by atoms with Gasteiger partial charge in [-0.3, -0.25) is 9.36 Å². The molecule has 6 nitrogen and oxygen atoms in total. The van der Waals surface area contributed by atoms with Crippen molar-refractivity contribution in [2.75, 3.05) is 12.9 Å². The van der Waals surface area contributed by atoms with Crippen molar-refractivity contribution in [3.05, 3.63) is 66.0 Å². The summed E-state index contributed by atoms with van der Waals surface area (Å²) in [6, 6.07) is 16.9. The molecule has 0 unspecified atom stereocenters. The van der Waals surface area contributed by atoms with Crippen molar-refractivity contribution < 1.29 is 9.53 Å². The average molecular weight is 368 g/mol. The number of hydrogen-bond acceptors (Lipinski definition) is 5. The van der Waals surface area contributed by atoms with Gasteiger partial charge in [-0.05, 0) is 36.1 Å². The number of methoxy groups -OCH3 is 1. The topological polar surface area (TPSA) is 69.0 Å². The third-order valence-electron chi connectivity index (χ3n) is 3.73. The van der Waals surface area contributed by atoms with Crippen molar-refractivity contribution >= 4 is 17.7 Å². The van der Waals surface area contributed by atoms with E-state index in [-0.39, 0.29) is 12.5 Å². The summed E-state index contributed by atoms with van der Waals surface area (Å²) >= 11 is 1.61. The molecule has 0 aliphatic heterocycles. The fourth-order valence-electron chi connectivity index (χ4n) is 2.50. The Bertz CT molecular complexity index is 880. The summed E-state index contributed by atoms with van der Waals surface area (Å²) in [6.45, 7) is 2.35. The minimum Gasteiger partial charge on any atom is -0.497 e. The number of carbonyl (C=O) groups is 1. The van der Waals surface area contributed by atoms with E-state index in [1.807, 2.05) is 34.9 Å². The number of aromatic nitrogens is 3. The molecular weight excluding hydrogens is 348 g/mol. The zero-order chi connectivity index (χ0) is 18.4. The van der Waals surface area contributed by atoms with Gasteiger partial charge in [0.15, 0.2) is 11.0 Å². The Balaban J connectivity index is 1.80. The summed E-state index contributed by atoms with van der Waals surface area (Å²) in [4.78, 5) is 12.4. The number of hydrogen-bond donors (Lipinski definition) is 1. The van der Waals surface area contributed by atoms with Gasteiger partial charge in [0.25, 0.3) is 5.91 Å². The lowest BCUT2D eigenvalue weighted by Gasteiger charge is -2.11. The highest BCUT2D eigenvalue weighted by Crippen LogP contribution is 2.21. The van der Waals surface area contributed by atoms with Gasteiger partial charge in [-0.25, -0.2) is 0 Å². The van der Waals surface area contributed by atoms with Gasteiger partial charge in [-0.15, -0.1) is 10.2 Å². The number of benzene rings is 2. The number of nitrogens with one attached hydrogen (secondary N) is 1. The van der Waals surface area contributed by atoms with Crippen LogP contribution in [-0.4, -0.2) is 33.5 Å². The van der Waals surface area contributed by atoms with Gasteiger partial charge in [0.2, 0.25) is 0 Å². The van der Waals surface area contributed by atoms with Crippen LogP contribution in [0.3, 0.4) is 0 Å². The van der Waals surface area contributed by atoms with Gasteiger partial charge in [0.1, 0.15) is 5.75 Å². The van der Waals surface area contributed by atoms with Crippen LogP contribution in [0.4, 0.5) is 0 Å². The highest BCUT2D eigenvalue weighted by molar-refractivity contribution is 7.99. The first kappa shape index (κ1) is 18.0. The van der Waals surface area contributed by atoms with Crippen molar-refractivity contribution in [3.63, 3.8) is 0 Å². The van der Waals surface area contributed by atoms with Gasteiger partial charge >= 0.3 is 0 Å². The van der Waals surface area contributed by atoms with E-state index in [0.29, 0.717) is 17.1 Å². The van der Waals surface area contributed by atoms with E-state index >= 15 is 0 Å². The number of para-hydroxylation sites is 1. The van der Waals surface area contributed by atoms with E-state index in [1.165, 1.54) is 0 Å². The van der Waals surface area contributed by atoms with Crippen molar-refractivity contribution in [2.24, 2.45) is 0 Å². The predicted octanol–water partition coefficient (Wildman–Crippen LogP) is 3.32. The van der Waals surface area contributed by atoms with Crippen molar-refractivity contribution in [1.29, 1.82) is 0 Å². The van der Waals surface area contributed by atoms with Crippen LogP contribution in [0.15, 0.2) is 59.8 Å². The monoisotopic (exact) mass is 368 g/mol. The van der Waals surface area contributed by atoms with Crippen LogP contribution in [0.1, 0.15) is 23.1 Å². The lowest BCUT2D eigenvalue weighted by atomic mass is 10.2. The lowest BCUT2D eigenvalue weighted by Crippen LogP contribution is -2.24. The Kier molecular flexibility index (Phi) is 5.91. The van der Waals surface area contributed by atoms with Crippen LogP contribution in [-0.2, 0) is 6.54 Å². The van der Waals surface area contributed by atoms with Crippen LogP contribution in [0, 0.1) is 0 Å². The molecular formula is C19H20N4O2S. The number of ether oxygens (including phenoxy) is 1. The number of nitrogens with zero attached hydrogens (tertiary/aromatic N) is 3. The SMILES string of the molecule is CCSc1nnc(CNC(=O)c2cccc(OC)c2)n1-c1ccccc1. The van der Waals surface area contributed by atoms with E-state index in [2.05, 4.69) is 22.4 Å². The molecule has 1 heterocycles. The van der Waals surface area contributed by atoms with Gasteiger partial charge in [-0.1, -0.05) is 43.0 Å². The average Bonchev–Trinajstić information content (AvgIpc) is 3.09. The first-order valence-electron chi connectivity index (χ1n) is 8.27. The second kappa shape index (κ2) is 8.53. The number of thioether (sulfide) groups is 1. The van der Waals surface area contributed by atoms with Crippen LogP contribution < -0.4 is 10.1 Å². The minimum absolute atomic E-state index is 0.184. The van der Waals surface area contributed by atoms with Crippen LogP contribution in [0.25, 0.3) is 5.69 Å². The highest BCUT2D eigenvalue weighted by Gasteiger charge is 2.15. The molecule has 0 atom stereocenters. The summed E-state index contributed by atoms with van der Waals surface area (Å²) in [6.07, 6.45) is 0. The third kappa shape index (κ3) is 4.05. The van der Waals surface area contributed by atoms with Gasteiger partial charge < -0.3 is 10.1 Å². The summed E-state index contributed by atoms with van der Waals surface area (Å²) < 4.78 is 7.14. The molecule has 3 rings (SSSR count). The quantitative estimate of drug-likeness (QED) is 0.648. The second-order valence-corrected chi connectivity index (χ2v) is 6.65. The molecule has 2 aromatic carbocycles. The van der Waals surface area contributed by atoms with Crippen LogP contribution >= 0.6 is 11.8 Å². The molecule has 3 aromatic rings. The second-order valence-electron chi connectivity index (χ2n) is 5.42. The fraction of sp³-hybridized carbons (Fsp3) is 0.211. The molecule has 134 valence electrons. The van der Waals surface area contributed by atoms with Gasteiger partial charge in [-0.2, -0.15) is 0 Å². The van der Waals surface area contributed by atoms with Gasteiger partial charge in [0, 0.05) is 11.3 Å². The standard InChI is InChI=1S/C19H20N4O2S/c1-3-26-19-22-21-17(23(19)15-9-5-4-6-10-15)13-20-18(24)14-8-7-11-16(12-14)25-2/h4-12H,3,13H2,1-2H3,(H,20,24). The number of carbonyl (C=O) groups excluding carboxylic acids is 1. The fourth-order valence-corrected chi connectivity index (χ4v) is 3.20. The summed E-state index contributed by atoms with van der Waals surface area (Å²) in [7, 11) is 1.58. The molecule has 0 fully saturated rings. The van der Waals surface area contributed by atoms with E-state index in [9.17, 15) is 4.79 Å². The Morgan fingerprint density at radius 1 is 1.15 bits per heavy atom. The maximum Gasteiger partial charge on any atom is 0.251 e. The molecule has 0 spiro atoms. The smallest absolute Gasteiger partial charge is 0.251 e. The molecule has 1 N–H and O–H groups in total. The molecule has 0 radical (unpaired) electrons. The van der Waals surface area contributed by atoms with Crippen molar-refractivity contribution in [3.8, 4) is 11.4 Å². The molecule has 0 saturated carbocycles. The Morgan fingerprint density at radius 2 is 1.96 bits per heavy atom. The maximum atomic E-state index is 12.4. The van der Waals surface area contributed by atoms with Crippen LogP contribution in [0.5, 0.6) is 5.75 Å². The number of rotatable bonds is 7. The Labute approximate surface area is 156 Å². The predicted molar refractivity (Wildman–Crippen MR) is 102 cm³/mol. The molecule has 26 heavy (non-hydrogen) atoms. The molecule has 0 aliphatic carbocycles. The number of amides is 1. The van der Waals surface area contributed by atoms with E-state index < -0.39 is 0 Å². The molecule has 0 saturated heterocycles. The highest BCUT2D eigenvalue weighted by atomic mass is 32.2. The molecule has 1 aromatic heterocycles. The van der Waals surface area contributed by atoms with E-state index in [1.54, 1.807) is 43.1 Å². The van der Waals surface area contributed by atoms with E-state index in [0.717, 1.165) is 16.6 Å². The largest absolute Gasteiger partial charge is 0.497 e. The molecule has 0 bridgehead atoms. The van der Waals surface area contributed by atoms with E-state index in [4.69, 9.17) is 4.74 Å². The summed E-state index contributed by atoms with van der Waals surface area (Å²) in [5, 5.41) is 12.2. The lowest BCUT2D eigenvalue weighted by molar-refractivity contribution is 0.0949. The van der Waals surface area contributed by atoms with Crippen LogP contribution in [0.2, 0.25) is 0 Å². The van der Waals surface area contributed by atoms with Crippen molar-refractivity contribution in [1.82, 2.24) is 20.1 Å². The minimum atomic E-state index is -0.184. The first-order chi connectivity index (χ1) is 12.7. The summed E-state index contributed by atoms with van der Waals surface area (Å²) in [5.74, 6) is 2.03. The summed E-state index contributed by atoms with van der Waals surface area (Å²) in [5.41, 5.74) is 1.51. The Hall–Kier alpha value is -2.80. The molecule has 0 aliphatic rings.